The third-order valence-electron chi connectivity index (χ3n) is 7.19. The normalized spacial score (nSPS) is 14.7. The highest BCUT2D eigenvalue weighted by molar-refractivity contribution is 7.80. The molecule has 2 heterocycles. The molecule has 5 rings (SSSR count). The zero-order valence-corrected chi connectivity index (χ0v) is 22.7. The number of hydrogen-bond donors (Lipinski definition) is 1. The maximum atomic E-state index is 5.95. The summed E-state index contributed by atoms with van der Waals surface area (Å²) in [7, 11) is 0. The molecule has 0 unspecified atom stereocenters. The quantitative estimate of drug-likeness (QED) is 0.187. The number of unbranched alkanes of at least 4 members (excludes halogenated alkanes) is 2. The van der Waals surface area contributed by atoms with Crippen molar-refractivity contribution in [2.45, 2.75) is 44.9 Å². The number of nitrogens with one attached hydrogen (secondary N) is 1. The molecule has 1 aliphatic rings. The van der Waals surface area contributed by atoms with E-state index in [1.807, 2.05) is 47.7 Å². The Hall–Kier alpha value is -2.73. The molecule has 0 amide bonds. The molecule has 1 aromatic heterocycles. The zero-order chi connectivity index (χ0) is 24.7. The standard InChI is InChI=1S/C31H35N3S2/c1-2-3-10-19-33-20-17-24(18-21-33)29-23-36-30-16-15-25(22-28(29)30)32-31(35)34(26-11-6-4-7-12-26)27-13-8-5-9-14-27/h4-9,11-16,22-24H,2-3,10,17-21H2,1H3,(H,32,35). The van der Waals surface area contributed by atoms with Gasteiger partial charge in [-0.25, -0.2) is 0 Å². The van der Waals surface area contributed by atoms with Gasteiger partial charge in [0.05, 0.1) is 0 Å². The van der Waals surface area contributed by atoms with Gasteiger partial charge in [0.15, 0.2) is 5.11 Å². The highest BCUT2D eigenvalue weighted by Crippen LogP contribution is 2.38. The minimum Gasteiger partial charge on any atom is -0.332 e. The fourth-order valence-corrected chi connectivity index (χ4v) is 6.57. The monoisotopic (exact) mass is 513 g/mol. The van der Waals surface area contributed by atoms with Crippen LogP contribution in [0.1, 0.15) is 50.5 Å². The molecular formula is C31H35N3S2. The molecule has 36 heavy (non-hydrogen) atoms. The van der Waals surface area contributed by atoms with E-state index in [2.05, 4.69) is 69.9 Å². The summed E-state index contributed by atoms with van der Waals surface area (Å²) in [6.07, 6.45) is 6.48. The Morgan fingerprint density at radius 1 is 0.944 bits per heavy atom. The Balaban J connectivity index is 1.33. The van der Waals surface area contributed by atoms with Gasteiger partial charge in [-0.1, -0.05) is 56.2 Å². The first kappa shape index (κ1) is 24.9. The van der Waals surface area contributed by atoms with Crippen molar-refractivity contribution >= 4 is 55.8 Å². The molecule has 0 atom stereocenters. The van der Waals surface area contributed by atoms with Gasteiger partial charge >= 0.3 is 0 Å². The Morgan fingerprint density at radius 3 is 2.25 bits per heavy atom. The number of thiocarbonyl (C=S) groups is 1. The fraction of sp³-hybridized carbons (Fsp3) is 0.323. The maximum Gasteiger partial charge on any atom is 0.182 e. The molecule has 0 radical (unpaired) electrons. The van der Waals surface area contributed by atoms with Gasteiger partial charge < -0.3 is 10.2 Å². The van der Waals surface area contributed by atoms with Crippen LogP contribution in [-0.4, -0.2) is 29.6 Å². The SMILES string of the molecule is CCCCCN1CCC(c2csc3ccc(NC(=S)N(c4ccccc4)c4ccccc4)cc23)CC1. The average Bonchev–Trinajstić information content (AvgIpc) is 3.34. The van der Waals surface area contributed by atoms with E-state index in [4.69, 9.17) is 12.2 Å². The van der Waals surface area contributed by atoms with E-state index < -0.39 is 0 Å². The van der Waals surface area contributed by atoms with E-state index in [0.29, 0.717) is 11.0 Å². The molecule has 3 aromatic carbocycles. The van der Waals surface area contributed by atoms with E-state index in [1.54, 1.807) is 0 Å². The lowest BCUT2D eigenvalue weighted by Crippen LogP contribution is -2.33. The average molecular weight is 514 g/mol. The fourth-order valence-electron chi connectivity index (χ4n) is 5.21. The van der Waals surface area contributed by atoms with Gasteiger partial charge in [0, 0.05) is 21.8 Å². The van der Waals surface area contributed by atoms with Crippen LogP contribution in [0.3, 0.4) is 0 Å². The summed E-state index contributed by atoms with van der Waals surface area (Å²) in [5.41, 5.74) is 4.65. The summed E-state index contributed by atoms with van der Waals surface area (Å²) in [5, 5.41) is 7.98. The molecule has 1 fully saturated rings. The van der Waals surface area contributed by atoms with Gasteiger partial charge in [0.2, 0.25) is 0 Å². The lowest BCUT2D eigenvalue weighted by molar-refractivity contribution is 0.209. The van der Waals surface area contributed by atoms with E-state index >= 15 is 0 Å². The second kappa shape index (κ2) is 12.0. The van der Waals surface area contributed by atoms with Crippen molar-refractivity contribution in [3.63, 3.8) is 0 Å². The molecule has 0 bridgehead atoms. The van der Waals surface area contributed by atoms with Gasteiger partial charge in [0.1, 0.15) is 0 Å². The molecule has 4 aromatic rings. The van der Waals surface area contributed by atoms with Crippen molar-refractivity contribution in [1.29, 1.82) is 0 Å². The molecule has 0 saturated carbocycles. The Bertz CT molecular complexity index is 1220. The number of piperidine rings is 1. The van der Waals surface area contributed by atoms with Crippen molar-refractivity contribution < 1.29 is 0 Å². The van der Waals surface area contributed by atoms with E-state index in [-0.39, 0.29) is 0 Å². The molecular weight excluding hydrogens is 478 g/mol. The Morgan fingerprint density at radius 2 is 1.61 bits per heavy atom. The molecule has 1 N–H and O–H groups in total. The lowest BCUT2D eigenvalue weighted by Gasteiger charge is -2.32. The first-order chi connectivity index (χ1) is 17.7. The van der Waals surface area contributed by atoms with Crippen molar-refractivity contribution in [1.82, 2.24) is 4.90 Å². The number of anilines is 3. The van der Waals surface area contributed by atoms with Crippen LogP contribution in [0.25, 0.3) is 10.1 Å². The van der Waals surface area contributed by atoms with Gasteiger partial charge in [-0.05, 0) is 116 Å². The van der Waals surface area contributed by atoms with Gasteiger partial charge in [0.25, 0.3) is 0 Å². The minimum absolute atomic E-state index is 0.647. The summed E-state index contributed by atoms with van der Waals surface area (Å²) in [5.74, 6) is 0.647. The van der Waals surface area contributed by atoms with Crippen LogP contribution in [0.5, 0.6) is 0 Å². The second-order valence-corrected chi connectivity index (χ2v) is 11.0. The molecule has 1 aliphatic heterocycles. The number of rotatable bonds is 8. The van der Waals surface area contributed by atoms with E-state index in [0.717, 1.165) is 17.1 Å². The van der Waals surface area contributed by atoms with Crippen molar-refractivity contribution in [3.05, 3.63) is 89.8 Å². The van der Waals surface area contributed by atoms with Crippen LogP contribution in [-0.2, 0) is 0 Å². The summed E-state index contributed by atoms with van der Waals surface area (Å²) in [4.78, 5) is 4.76. The van der Waals surface area contributed by atoms with Crippen LogP contribution in [0, 0.1) is 0 Å². The largest absolute Gasteiger partial charge is 0.332 e. The number of benzene rings is 3. The highest BCUT2D eigenvalue weighted by Gasteiger charge is 2.23. The first-order valence-electron chi connectivity index (χ1n) is 13.2. The molecule has 186 valence electrons. The Labute approximate surface area is 224 Å². The topological polar surface area (TPSA) is 18.5 Å². The van der Waals surface area contributed by atoms with Crippen molar-refractivity contribution in [2.24, 2.45) is 0 Å². The summed E-state index contributed by atoms with van der Waals surface area (Å²) >= 11 is 7.82. The van der Waals surface area contributed by atoms with Gasteiger partial charge in [-0.2, -0.15) is 0 Å². The smallest absolute Gasteiger partial charge is 0.182 e. The third-order valence-corrected chi connectivity index (χ3v) is 8.46. The van der Waals surface area contributed by atoms with Crippen LogP contribution in [0.15, 0.2) is 84.2 Å². The van der Waals surface area contributed by atoms with Crippen molar-refractivity contribution in [2.75, 3.05) is 29.9 Å². The number of para-hydroxylation sites is 2. The first-order valence-corrected chi connectivity index (χ1v) is 14.5. The van der Waals surface area contributed by atoms with Crippen LogP contribution in [0.2, 0.25) is 0 Å². The van der Waals surface area contributed by atoms with Crippen LogP contribution >= 0.6 is 23.6 Å². The number of hydrogen-bond acceptors (Lipinski definition) is 3. The number of nitrogens with zero attached hydrogens (tertiary/aromatic N) is 2. The third kappa shape index (κ3) is 5.80. The number of likely N-dealkylation sites (tertiary alicyclic amines) is 1. The Kier molecular flexibility index (Phi) is 8.32. The predicted octanol–water partition coefficient (Wildman–Crippen LogP) is 8.81. The molecule has 0 spiro atoms. The van der Waals surface area contributed by atoms with E-state index in [1.165, 1.54) is 67.4 Å². The van der Waals surface area contributed by atoms with Gasteiger partial charge in [-0.3, -0.25) is 4.90 Å². The highest BCUT2D eigenvalue weighted by atomic mass is 32.1. The lowest BCUT2D eigenvalue weighted by atomic mass is 9.89. The number of thiophene rings is 1. The summed E-state index contributed by atoms with van der Waals surface area (Å²) in [6.45, 7) is 5.98. The zero-order valence-electron chi connectivity index (χ0n) is 21.0. The molecule has 3 nitrogen and oxygen atoms in total. The summed E-state index contributed by atoms with van der Waals surface area (Å²) < 4.78 is 1.36. The second-order valence-electron chi connectivity index (χ2n) is 9.66. The van der Waals surface area contributed by atoms with Crippen LogP contribution in [0.4, 0.5) is 17.1 Å². The molecule has 1 saturated heterocycles. The molecule has 5 heteroatoms. The maximum absolute atomic E-state index is 5.95. The van der Waals surface area contributed by atoms with Gasteiger partial charge in [-0.15, -0.1) is 11.3 Å². The van der Waals surface area contributed by atoms with E-state index in [9.17, 15) is 0 Å². The number of fused-ring (bicyclic) bond motifs is 1. The predicted molar refractivity (Wildman–Crippen MR) is 161 cm³/mol. The summed E-state index contributed by atoms with van der Waals surface area (Å²) in [6, 6.07) is 27.3. The minimum atomic E-state index is 0.647. The molecule has 0 aliphatic carbocycles. The van der Waals surface area contributed by atoms with Crippen LogP contribution < -0.4 is 10.2 Å². The van der Waals surface area contributed by atoms with Crippen molar-refractivity contribution in [3.8, 4) is 0 Å².